The minimum atomic E-state index is -3.65. The van der Waals surface area contributed by atoms with E-state index in [-0.39, 0.29) is 16.1 Å². The predicted molar refractivity (Wildman–Crippen MR) is 75.7 cm³/mol. The highest BCUT2D eigenvalue weighted by atomic mass is 79.9. The van der Waals surface area contributed by atoms with Crippen LogP contribution in [0.5, 0.6) is 0 Å². The first kappa shape index (κ1) is 15.2. The lowest BCUT2D eigenvalue weighted by Gasteiger charge is -2.34. The van der Waals surface area contributed by atoms with Crippen LogP contribution in [0.25, 0.3) is 0 Å². The van der Waals surface area contributed by atoms with E-state index in [9.17, 15) is 8.42 Å². The predicted octanol–water partition coefficient (Wildman–Crippen LogP) is 2.30. The number of ether oxygens (including phenoxy) is 1. The van der Waals surface area contributed by atoms with Gasteiger partial charge in [-0.15, -0.1) is 0 Å². The quantitative estimate of drug-likeness (QED) is 0.767. The number of aromatic nitrogens is 1. The van der Waals surface area contributed by atoms with Gasteiger partial charge in [0.2, 0.25) is 10.0 Å². The number of hydrogen-bond donors (Lipinski definition) is 0. The third kappa shape index (κ3) is 3.11. The van der Waals surface area contributed by atoms with Crippen LogP contribution in [0.15, 0.2) is 21.6 Å². The second-order valence-corrected chi connectivity index (χ2v) is 7.33. The zero-order valence-corrected chi connectivity index (χ0v) is 13.5. The molecule has 5 nitrogen and oxygen atoms in total. The highest BCUT2D eigenvalue weighted by Gasteiger charge is 2.34. The van der Waals surface area contributed by atoms with Crippen LogP contribution >= 0.6 is 27.5 Å². The molecule has 1 aliphatic heterocycles. The third-order valence-electron chi connectivity index (χ3n) is 3.00. The Morgan fingerprint density at radius 3 is 3.05 bits per heavy atom. The van der Waals surface area contributed by atoms with Crippen LogP contribution in [0.2, 0.25) is 5.15 Å². The van der Waals surface area contributed by atoms with Crippen molar-refractivity contribution in [2.45, 2.75) is 24.3 Å². The van der Waals surface area contributed by atoms with Gasteiger partial charge in [-0.3, -0.25) is 0 Å². The Bertz CT molecular complexity index is 567. The summed E-state index contributed by atoms with van der Waals surface area (Å²) < 4.78 is 32.7. The zero-order valence-electron chi connectivity index (χ0n) is 10.3. The lowest BCUT2D eigenvalue weighted by Crippen LogP contribution is -2.48. The first-order valence-electron chi connectivity index (χ1n) is 5.87. The maximum atomic E-state index is 12.7. The smallest absolute Gasteiger partial charge is 0.246 e. The van der Waals surface area contributed by atoms with E-state index in [0.717, 1.165) is 0 Å². The van der Waals surface area contributed by atoms with Gasteiger partial charge in [0.15, 0.2) is 0 Å². The molecular formula is C11H14BrClN2O3S. The normalized spacial score (nSPS) is 21.5. The molecule has 19 heavy (non-hydrogen) atoms. The molecule has 106 valence electrons. The number of nitrogens with zero attached hydrogens (tertiary/aromatic N) is 2. The largest absolute Gasteiger partial charge is 0.378 e. The minimum Gasteiger partial charge on any atom is -0.378 e. The van der Waals surface area contributed by atoms with Crippen LogP contribution in [0, 0.1) is 0 Å². The van der Waals surface area contributed by atoms with E-state index >= 15 is 0 Å². The van der Waals surface area contributed by atoms with Gasteiger partial charge in [0.05, 0.1) is 13.2 Å². The lowest BCUT2D eigenvalue weighted by atomic mass is 10.2. The molecule has 1 atom stereocenters. The van der Waals surface area contributed by atoms with Gasteiger partial charge >= 0.3 is 0 Å². The molecule has 0 aromatic carbocycles. The van der Waals surface area contributed by atoms with Crippen LogP contribution in [0.4, 0.5) is 0 Å². The minimum absolute atomic E-state index is 0.00968. The molecule has 0 N–H and O–H groups in total. The maximum Gasteiger partial charge on any atom is 0.246 e. The Morgan fingerprint density at radius 1 is 1.63 bits per heavy atom. The highest BCUT2D eigenvalue weighted by Crippen LogP contribution is 2.28. The van der Waals surface area contributed by atoms with Crippen molar-refractivity contribution in [1.82, 2.24) is 9.29 Å². The van der Waals surface area contributed by atoms with Crippen molar-refractivity contribution in [3.05, 3.63) is 21.9 Å². The summed E-state index contributed by atoms with van der Waals surface area (Å²) in [4.78, 5) is 3.90. The molecule has 0 amide bonds. The van der Waals surface area contributed by atoms with Crippen LogP contribution in [-0.2, 0) is 14.8 Å². The molecule has 1 aromatic heterocycles. The van der Waals surface area contributed by atoms with E-state index in [1.165, 1.54) is 16.6 Å². The summed E-state index contributed by atoms with van der Waals surface area (Å²) in [5, 5.41) is -0.00968. The summed E-state index contributed by atoms with van der Waals surface area (Å²) in [6, 6.07) is 1.32. The van der Waals surface area contributed by atoms with Crippen molar-refractivity contribution in [2.24, 2.45) is 0 Å². The van der Waals surface area contributed by atoms with Gasteiger partial charge < -0.3 is 4.74 Å². The van der Waals surface area contributed by atoms with E-state index in [1.807, 2.05) is 6.92 Å². The van der Waals surface area contributed by atoms with E-state index < -0.39 is 10.0 Å². The Labute approximate surface area is 126 Å². The average molecular weight is 370 g/mol. The third-order valence-corrected chi connectivity index (χ3v) is 5.82. The molecule has 2 heterocycles. The fraction of sp³-hybridized carbons (Fsp3) is 0.545. The first-order valence-corrected chi connectivity index (χ1v) is 8.48. The van der Waals surface area contributed by atoms with Gasteiger partial charge in [0.25, 0.3) is 0 Å². The monoisotopic (exact) mass is 368 g/mol. The van der Waals surface area contributed by atoms with Crippen molar-refractivity contribution >= 4 is 37.6 Å². The average Bonchev–Trinajstić information content (AvgIpc) is 2.41. The summed E-state index contributed by atoms with van der Waals surface area (Å²) >= 11 is 9.14. The second-order valence-electron chi connectivity index (χ2n) is 4.20. The fourth-order valence-corrected chi connectivity index (χ4v) is 4.58. The number of morpholine rings is 1. The van der Waals surface area contributed by atoms with Gasteiger partial charge in [-0.2, -0.15) is 4.31 Å². The molecule has 2 rings (SSSR count). The molecule has 8 heteroatoms. The topological polar surface area (TPSA) is 59.5 Å². The Morgan fingerprint density at radius 2 is 2.37 bits per heavy atom. The maximum absolute atomic E-state index is 12.7. The van der Waals surface area contributed by atoms with Gasteiger partial charge in [0, 0.05) is 23.3 Å². The van der Waals surface area contributed by atoms with Gasteiger partial charge in [0.1, 0.15) is 10.0 Å². The summed E-state index contributed by atoms with van der Waals surface area (Å²) in [6.07, 6.45) is 2.16. The molecule has 1 fully saturated rings. The van der Waals surface area contributed by atoms with E-state index in [2.05, 4.69) is 20.9 Å². The molecule has 0 saturated carbocycles. The molecule has 0 spiro atoms. The summed E-state index contributed by atoms with van der Waals surface area (Å²) in [5.41, 5.74) is 0. The molecule has 0 aliphatic carbocycles. The van der Waals surface area contributed by atoms with E-state index in [4.69, 9.17) is 16.3 Å². The molecule has 0 bridgehead atoms. The molecule has 1 saturated heterocycles. The van der Waals surface area contributed by atoms with Crippen LogP contribution in [-0.4, -0.2) is 43.5 Å². The number of rotatable bonds is 3. The van der Waals surface area contributed by atoms with Gasteiger partial charge in [-0.25, -0.2) is 13.4 Å². The summed E-state index contributed by atoms with van der Waals surface area (Å²) in [6.45, 7) is 3.08. The molecule has 1 aliphatic rings. The van der Waals surface area contributed by atoms with Crippen LogP contribution in [0.1, 0.15) is 13.3 Å². The molecular weight excluding hydrogens is 356 g/mol. The van der Waals surface area contributed by atoms with Crippen molar-refractivity contribution in [2.75, 3.05) is 19.8 Å². The Balaban J connectivity index is 2.43. The van der Waals surface area contributed by atoms with Crippen molar-refractivity contribution in [3.63, 3.8) is 0 Å². The summed E-state index contributed by atoms with van der Waals surface area (Å²) in [5.74, 6) is 0. The first-order chi connectivity index (χ1) is 8.96. The van der Waals surface area contributed by atoms with Gasteiger partial charge in [-0.1, -0.05) is 18.5 Å². The summed E-state index contributed by atoms with van der Waals surface area (Å²) in [7, 11) is -3.65. The molecule has 1 unspecified atom stereocenters. The molecule has 0 radical (unpaired) electrons. The lowest BCUT2D eigenvalue weighted by molar-refractivity contribution is 0.0314. The Hall–Kier alpha value is -0.210. The van der Waals surface area contributed by atoms with E-state index in [0.29, 0.717) is 30.7 Å². The van der Waals surface area contributed by atoms with Crippen LogP contribution < -0.4 is 0 Å². The number of sulfonamides is 1. The number of hydrogen-bond acceptors (Lipinski definition) is 4. The SMILES string of the molecule is CCC1COCCN1S(=O)(=O)c1cc(Br)cnc1Cl. The van der Waals surface area contributed by atoms with Crippen molar-refractivity contribution in [3.8, 4) is 0 Å². The standard InChI is InChI=1S/C11H14BrClN2O3S/c1-2-9-7-18-4-3-15(9)19(16,17)10-5-8(12)6-14-11(10)13/h5-6,9H,2-4,7H2,1H3. The highest BCUT2D eigenvalue weighted by molar-refractivity contribution is 9.10. The molecule has 1 aromatic rings. The van der Waals surface area contributed by atoms with Crippen molar-refractivity contribution < 1.29 is 13.2 Å². The fourth-order valence-electron chi connectivity index (χ4n) is 1.99. The van der Waals surface area contributed by atoms with Crippen LogP contribution in [0.3, 0.4) is 0 Å². The zero-order chi connectivity index (χ0) is 14.0. The number of pyridine rings is 1. The Kier molecular flexibility index (Phi) is 4.84. The number of halogens is 2. The second kappa shape index (κ2) is 6.05. The van der Waals surface area contributed by atoms with Crippen molar-refractivity contribution in [1.29, 1.82) is 0 Å². The van der Waals surface area contributed by atoms with E-state index in [1.54, 1.807) is 0 Å². The van der Waals surface area contributed by atoms with Gasteiger partial charge in [-0.05, 0) is 28.4 Å².